The topological polar surface area (TPSA) is 15.3 Å². The lowest BCUT2D eigenvalue weighted by Gasteiger charge is -2.31. The van der Waals surface area contributed by atoms with Crippen LogP contribution < -0.4 is 10.2 Å². The molecule has 0 amide bonds. The third-order valence-electron chi connectivity index (χ3n) is 3.22. The second-order valence-corrected chi connectivity index (χ2v) is 4.31. The van der Waals surface area contributed by atoms with Gasteiger partial charge in [0.15, 0.2) is 0 Å². The highest BCUT2D eigenvalue weighted by molar-refractivity contribution is 5.54. The number of nitrogens with zero attached hydrogens (tertiary/aromatic N) is 1. The molecule has 1 rings (SSSR count). The maximum absolute atomic E-state index is 13.8. The molecular weight excluding hydrogens is 215 g/mol. The van der Waals surface area contributed by atoms with Crippen molar-refractivity contribution in [3.63, 3.8) is 0 Å². The number of nitrogens with one attached hydrogen (secondary N) is 1. The van der Waals surface area contributed by atoms with Crippen LogP contribution in [0.25, 0.3) is 0 Å². The maximum Gasteiger partial charge on any atom is 0.129 e. The van der Waals surface area contributed by atoms with E-state index < -0.39 is 0 Å². The first kappa shape index (κ1) is 14.0. The van der Waals surface area contributed by atoms with Gasteiger partial charge in [-0.2, -0.15) is 0 Å². The molecule has 1 aromatic rings. The van der Waals surface area contributed by atoms with E-state index in [1.54, 1.807) is 6.07 Å². The predicted octanol–water partition coefficient (Wildman–Crippen LogP) is 3.17. The van der Waals surface area contributed by atoms with Gasteiger partial charge in [0.2, 0.25) is 0 Å². The van der Waals surface area contributed by atoms with Gasteiger partial charge in [-0.15, -0.1) is 0 Å². The molecule has 96 valence electrons. The van der Waals surface area contributed by atoms with Crippen molar-refractivity contribution in [1.29, 1.82) is 0 Å². The van der Waals surface area contributed by atoms with Crippen LogP contribution in [-0.4, -0.2) is 19.6 Å². The highest BCUT2D eigenvalue weighted by atomic mass is 19.1. The molecule has 0 saturated heterocycles. The Morgan fingerprint density at radius 2 is 2.06 bits per heavy atom. The van der Waals surface area contributed by atoms with Gasteiger partial charge in [0.25, 0.3) is 0 Å². The van der Waals surface area contributed by atoms with Crippen molar-refractivity contribution in [1.82, 2.24) is 5.32 Å². The standard InChI is InChI=1S/C14H23FN2/c1-5-11(3)17(6-2)14-9-7-8-13(15)12(14)10-16-4/h7-9,11,16H,5-6,10H2,1-4H3. The molecule has 0 aliphatic rings. The van der Waals surface area contributed by atoms with E-state index in [2.05, 4.69) is 31.0 Å². The van der Waals surface area contributed by atoms with Crippen molar-refractivity contribution >= 4 is 5.69 Å². The Bertz CT molecular complexity index is 352. The molecule has 1 aromatic carbocycles. The van der Waals surface area contributed by atoms with Crippen molar-refractivity contribution in [3.05, 3.63) is 29.6 Å². The molecule has 2 nitrogen and oxygen atoms in total. The molecule has 3 heteroatoms. The summed E-state index contributed by atoms with van der Waals surface area (Å²) >= 11 is 0. The normalized spacial score (nSPS) is 12.5. The minimum atomic E-state index is -0.126. The van der Waals surface area contributed by atoms with Crippen LogP contribution in [-0.2, 0) is 6.54 Å². The third-order valence-corrected chi connectivity index (χ3v) is 3.22. The zero-order chi connectivity index (χ0) is 12.8. The average molecular weight is 238 g/mol. The van der Waals surface area contributed by atoms with Crippen LogP contribution in [0.3, 0.4) is 0 Å². The number of halogens is 1. The van der Waals surface area contributed by atoms with E-state index in [1.807, 2.05) is 13.1 Å². The first-order valence-electron chi connectivity index (χ1n) is 6.34. The average Bonchev–Trinajstić information content (AvgIpc) is 2.34. The van der Waals surface area contributed by atoms with Gasteiger partial charge < -0.3 is 10.2 Å². The van der Waals surface area contributed by atoms with E-state index in [0.717, 1.165) is 24.2 Å². The molecule has 0 aliphatic carbocycles. The fraction of sp³-hybridized carbons (Fsp3) is 0.571. The minimum absolute atomic E-state index is 0.126. The zero-order valence-electron chi connectivity index (χ0n) is 11.3. The van der Waals surface area contributed by atoms with E-state index in [-0.39, 0.29) is 5.82 Å². The van der Waals surface area contributed by atoms with Crippen molar-refractivity contribution in [2.24, 2.45) is 0 Å². The first-order chi connectivity index (χ1) is 8.15. The largest absolute Gasteiger partial charge is 0.369 e. The smallest absolute Gasteiger partial charge is 0.129 e. The zero-order valence-corrected chi connectivity index (χ0v) is 11.3. The number of rotatable bonds is 6. The Labute approximate surface area is 104 Å². The van der Waals surface area contributed by atoms with E-state index in [0.29, 0.717) is 12.6 Å². The van der Waals surface area contributed by atoms with Gasteiger partial charge in [0.05, 0.1) is 0 Å². The highest BCUT2D eigenvalue weighted by Gasteiger charge is 2.16. The highest BCUT2D eigenvalue weighted by Crippen LogP contribution is 2.25. The molecule has 17 heavy (non-hydrogen) atoms. The van der Waals surface area contributed by atoms with Gasteiger partial charge in [-0.25, -0.2) is 4.39 Å². The van der Waals surface area contributed by atoms with Crippen LogP contribution in [0.2, 0.25) is 0 Å². The second-order valence-electron chi connectivity index (χ2n) is 4.31. The van der Waals surface area contributed by atoms with Crippen LogP contribution in [0.5, 0.6) is 0 Å². The first-order valence-corrected chi connectivity index (χ1v) is 6.34. The molecule has 1 N–H and O–H groups in total. The summed E-state index contributed by atoms with van der Waals surface area (Å²) < 4.78 is 13.8. The number of hydrogen-bond donors (Lipinski definition) is 1. The summed E-state index contributed by atoms with van der Waals surface area (Å²) in [4.78, 5) is 2.26. The van der Waals surface area contributed by atoms with Crippen molar-refractivity contribution < 1.29 is 4.39 Å². The lowest BCUT2D eigenvalue weighted by Crippen LogP contribution is -2.33. The lowest BCUT2D eigenvalue weighted by atomic mass is 10.1. The Balaban J connectivity index is 3.13. The Hall–Kier alpha value is -1.09. The molecule has 0 aromatic heterocycles. The molecule has 0 saturated carbocycles. The van der Waals surface area contributed by atoms with E-state index in [4.69, 9.17) is 0 Å². The summed E-state index contributed by atoms with van der Waals surface area (Å²) in [7, 11) is 1.84. The summed E-state index contributed by atoms with van der Waals surface area (Å²) in [6, 6.07) is 5.75. The lowest BCUT2D eigenvalue weighted by molar-refractivity contribution is 0.587. The van der Waals surface area contributed by atoms with E-state index >= 15 is 0 Å². The third kappa shape index (κ3) is 3.19. The van der Waals surface area contributed by atoms with Gasteiger partial charge in [-0.3, -0.25) is 0 Å². The Kier molecular flexibility index (Phi) is 5.42. The van der Waals surface area contributed by atoms with Crippen molar-refractivity contribution in [2.45, 2.75) is 39.8 Å². The minimum Gasteiger partial charge on any atom is -0.369 e. The van der Waals surface area contributed by atoms with Gasteiger partial charge in [-0.05, 0) is 39.4 Å². The van der Waals surface area contributed by atoms with Gasteiger partial charge in [0, 0.05) is 30.4 Å². The molecule has 0 heterocycles. The molecule has 0 bridgehead atoms. The molecule has 0 aliphatic heterocycles. The van der Waals surface area contributed by atoms with Crippen LogP contribution in [0.4, 0.5) is 10.1 Å². The monoisotopic (exact) mass is 238 g/mol. The number of benzene rings is 1. The number of hydrogen-bond acceptors (Lipinski definition) is 2. The van der Waals surface area contributed by atoms with Gasteiger partial charge in [-0.1, -0.05) is 13.0 Å². The molecule has 0 spiro atoms. The van der Waals surface area contributed by atoms with E-state index in [9.17, 15) is 4.39 Å². The summed E-state index contributed by atoms with van der Waals surface area (Å²) in [6.07, 6.45) is 1.06. The van der Waals surface area contributed by atoms with Crippen molar-refractivity contribution in [3.8, 4) is 0 Å². The summed E-state index contributed by atoms with van der Waals surface area (Å²) in [6.45, 7) is 7.91. The molecule has 1 atom stereocenters. The quantitative estimate of drug-likeness (QED) is 0.819. The molecule has 0 fully saturated rings. The van der Waals surface area contributed by atoms with Crippen LogP contribution in [0, 0.1) is 5.82 Å². The van der Waals surface area contributed by atoms with Crippen molar-refractivity contribution in [2.75, 3.05) is 18.5 Å². The molecule has 0 radical (unpaired) electrons. The van der Waals surface area contributed by atoms with Gasteiger partial charge >= 0.3 is 0 Å². The molecular formula is C14H23FN2. The number of anilines is 1. The van der Waals surface area contributed by atoms with Crippen LogP contribution in [0.1, 0.15) is 32.8 Å². The molecule has 1 unspecified atom stereocenters. The fourth-order valence-electron chi connectivity index (χ4n) is 2.11. The Morgan fingerprint density at radius 1 is 1.35 bits per heavy atom. The fourth-order valence-corrected chi connectivity index (χ4v) is 2.11. The summed E-state index contributed by atoms with van der Waals surface area (Å²) in [5.41, 5.74) is 1.77. The SMILES string of the molecule is CCC(C)N(CC)c1cccc(F)c1CNC. The summed E-state index contributed by atoms with van der Waals surface area (Å²) in [5, 5.41) is 3.03. The summed E-state index contributed by atoms with van der Waals surface area (Å²) in [5.74, 6) is -0.126. The van der Waals surface area contributed by atoms with Crippen LogP contribution >= 0.6 is 0 Å². The van der Waals surface area contributed by atoms with Gasteiger partial charge in [0.1, 0.15) is 5.82 Å². The van der Waals surface area contributed by atoms with E-state index in [1.165, 1.54) is 6.07 Å². The maximum atomic E-state index is 13.8. The van der Waals surface area contributed by atoms with Crippen LogP contribution in [0.15, 0.2) is 18.2 Å². The second kappa shape index (κ2) is 6.60. The Morgan fingerprint density at radius 3 is 2.59 bits per heavy atom. The predicted molar refractivity (Wildman–Crippen MR) is 71.9 cm³/mol.